The molecule has 3 atom stereocenters. The van der Waals surface area contributed by atoms with Crippen molar-refractivity contribution in [3.05, 3.63) is 29.8 Å². The molecule has 0 spiro atoms. The minimum absolute atomic E-state index is 0.0136. The van der Waals surface area contributed by atoms with Gasteiger partial charge in [0.2, 0.25) is 11.8 Å². The van der Waals surface area contributed by atoms with E-state index in [-0.39, 0.29) is 43.8 Å². The van der Waals surface area contributed by atoms with Gasteiger partial charge in [0.05, 0.1) is 13.0 Å². The van der Waals surface area contributed by atoms with Gasteiger partial charge in [-0.3, -0.25) is 14.4 Å². The third kappa shape index (κ3) is 8.24. The number of phenols is 1. The van der Waals surface area contributed by atoms with Crippen LogP contribution in [0, 0.1) is 5.92 Å². The number of carbonyl (C=O) groups excluding carboxylic acids is 4. The maximum Gasteiger partial charge on any atom is 0.408 e. The lowest BCUT2D eigenvalue weighted by Crippen LogP contribution is -2.49. The van der Waals surface area contributed by atoms with Crippen molar-refractivity contribution >= 4 is 23.9 Å². The average molecular weight is 478 g/mol. The van der Waals surface area contributed by atoms with Gasteiger partial charge in [-0.25, -0.2) is 4.79 Å². The van der Waals surface area contributed by atoms with Crippen molar-refractivity contribution in [1.82, 2.24) is 15.5 Å². The zero-order valence-electron chi connectivity index (χ0n) is 20.4. The molecule has 0 aliphatic heterocycles. The van der Waals surface area contributed by atoms with Gasteiger partial charge in [0.1, 0.15) is 23.9 Å². The van der Waals surface area contributed by atoms with Gasteiger partial charge in [0, 0.05) is 12.6 Å². The van der Waals surface area contributed by atoms with Crippen LogP contribution in [0.15, 0.2) is 24.3 Å². The fourth-order valence-electron chi connectivity index (χ4n) is 3.51. The van der Waals surface area contributed by atoms with Gasteiger partial charge >= 0.3 is 12.1 Å². The van der Waals surface area contributed by atoms with Crippen molar-refractivity contribution < 1.29 is 33.8 Å². The average Bonchev–Trinajstić information content (AvgIpc) is 3.44. The molecule has 2 rings (SSSR count). The number of aromatic hydroxyl groups is 1. The normalized spacial score (nSPS) is 17.8. The van der Waals surface area contributed by atoms with Crippen LogP contribution in [0.1, 0.15) is 59.1 Å². The highest BCUT2D eigenvalue weighted by atomic mass is 16.6. The van der Waals surface area contributed by atoms with Crippen molar-refractivity contribution in [1.29, 1.82) is 0 Å². The van der Waals surface area contributed by atoms with Crippen molar-refractivity contribution in [2.24, 2.45) is 5.92 Å². The Morgan fingerprint density at radius 3 is 2.44 bits per heavy atom. The number of amides is 3. The number of phenolic OH excluding ortho intramolecular Hbond substituents is 1. The summed E-state index contributed by atoms with van der Waals surface area (Å²) in [6.45, 7) is 8.71. The summed E-state index contributed by atoms with van der Waals surface area (Å²) in [6, 6.07) is 4.85. The van der Waals surface area contributed by atoms with Crippen LogP contribution < -0.4 is 10.6 Å². The molecule has 34 heavy (non-hydrogen) atoms. The number of nitrogens with one attached hydrogen (secondary N) is 2. The van der Waals surface area contributed by atoms with E-state index in [0.717, 1.165) is 0 Å². The number of nitrogens with zero attached hydrogens (tertiary/aromatic N) is 1. The monoisotopic (exact) mass is 477 g/mol. The molecule has 0 aromatic heterocycles. The SMILES string of the molecule is CCOC(=O)CCNC(=O)C(c1cccc(O)c1)N(C(=O)CNC(=O)OC(C)(C)C)C1CC1C. The van der Waals surface area contributed by atoms with Gasteiger partial charge < -0.3 is 30.1 Å². The molecule has 0 radical (unpaired) electrons. The molecule has 0 heterocycles. The molecule has 1 saturated carbocycles. The topological polar surface area (TPSA) is 134 Å². The highest BCUT2D eigenvalue weighted by Crippen LogP contribution is 2.40. The fourth-order valence-corrected chi connectivity index (χ4v) is 3.51. The Hall–Kier alpha value is -3.30. The predicted octanol–water partition coefficient (Wildman–Crippen LogP) is 2.26. The van der Waals surface area contributed by atoms with Crippen molar-refractivity contribution in [3.63, 3.8) is 0 Å². The lowest BCUT2D eigenvalue weighted by Gasteiger charge is -2.32. The number of hydrogen-bond donors (Lipinski definition) is 3. The second kappa shape index (κ2) is 11.7. The Morgan fingerprint density at radius 2 is 1.88 bits per heavy atom. The van der Waals surface area contributed by atoms with Crippen LogP contribution in [0.5, 0.6) is 5.75 Å². The molecule has 0 saturated heterocycles. The number of esters is 1. The van der Waals surface area contributed by atoms with Crippen molar-refractivity contribution in [2.75, 3.05) is 19.7 Å². The summed E-state index contributed by atoms with van der Waals surface area (Å²) in [5.74, 6) is -1.29. The molecule has 10 heteroatoms. The third-order valence-corrected chi connectivity index (χ3v) is 5.14. The number of alkyl carbamates (subject to hydrolysis) is 1. The van der Waals surface area contributed by atoms with E-state index in [9.17, 15) is 24.3 Å². The summed E-state index contributed by atoms with van der Waals surface area (Å²) < 4.78 is 10.1. The Labute approximate surface area is 200 Å². The van der Waals surface area contributed by atoms with Crippen molar-refractivity contribution in [2.45, 2.75) is 65.1 Å². The van der Waals surface area contributed by atoms with Crippen molar-refractivity contribution in [3.8, 4) is 5.75 Å². The van der Waals surface area contributed by atoms with Gasteiger partial charge in [0.15, 0.2) is 0 Å². The van der Waals surface area contributed by atoms with E-state index in [4.69, 9.17) is 9.47 Å². The minimum Gasteiger partial charge on any atom is -0.508 e. The second-order valence-corrected chi connectivity index (χ2v) is 9.28. The molecule has 3 N–H and O–H groups in total. The molecule has 1 aromatic carbocycles. The molecular formula is C24H35N3O7. The smallest absolute Gasteiger partial charge is 0.408 e. The van der Waals surface area contributed by atoms with Crippen LogP contribution in [0.25, 0.3) is 0 Å². The first-order valence-electron chi connectivity index (χ1n) is 11.4. The summed E-state index contributed by atoms with van der Waals surface area (Å²) in [7, 11) is 0. The summed E-state index contributed by atoms with van der Waals surface area (Å²) >= 11 is 0. The van der Waals surface area contributed by atoms with Crippen LogP contribution in [0.3, 0.4) is 0 Å². The number of carbonyl (C=O) groups is 4. The van der Waals surface area contributed by atoms with Crippen LogP contribution in [0.2, 0.25) is 0 Å². The first-order valence-corrected chi connectivity index (χ1v) is 11.4. The number of ether oxygens (including phenoxy) is 2. The lowest BCUT2D eigenvalue weighted by molar-refractivity contribution is -0.144. The van der Waals surface area contributed by atoms with E-state index in [1.54, 1.807) is 39.8 Å². The Morgan fingerprint density at radius 1 is 1.21 bits per heavy atom. The molecule has 1 fully saturated rings. The largest absolute Gasteiger partial charge is 0.508 e. The molecule has 1 aliphatic carbocycles. The molecule has 0 bridgehead atoms. The first kappa shape index (κ1) is 26.9. The van der Waals surface area contributed by atoms with E-state index in [1.165, 1.54) is 17.0 Å². The molecule has 188 valence electrons. The van der Waals surface area contributed by atoms with Gasteiger partial charge in [0.25, 0.3) is 0 Å². The Balaban J connectivity index is 2.23. The number of benzene rings is 1. The first-order chi connectivity index (χ1) is 15.9. The molecule has 3 amide bonds. The maximum absolute atomic E-state index is 13.3. The summed E-state index contributed by atoms with van der Waals surface area (Å²) in [5.41, 5.74) is -0.306. The summed E-state index contributed by atoms with van der Waals surface area (Å²) in [6.07, 6.45) is -0.0540. The molecule has 1 aliphatic rings. The van der Waals surface area contributed by atoms with Gasteiger partial charge in [-0.2, -0.15) is 0 Å². The van der Waals surface area contributed by atoms with E-state index < -0.39 is 35.5 Å². The Bertz CT molecular complexity index is 897. The standard InChI is InChI=1S/C24H35N3O7/c1-6-33-20(30)10-11-25-22(31)21(16-8-7-9-17(28)13-16)27(18-12-15(18)2)19(29)14-26-23(32)34-24(3,4)5/h7-9,13,15,18,21,28H,6,10-12,14H2,1-5H3,(H,25,31)(H,26,32). The number of hydrogen-bond acceptors (Lipinski definition) is 7. The predicted molar refractivity (Wildman–Crippen MR) is 124 cm³/mol. The third-order valence-electron chi connectivity index (χ3n) is 5.14. The van der Waals surface area contributed by atoms with E-state index >= 15 is 0 Å². The highest BCUT2D eigenvalue weighted by Gasteiger charge is 2.46. The fraction of sp³-hybridized carbons (Fsp3) is 0.583. The maximum atomic E-state index is 13.3. The Kier molecular flexibility index (Phi) is 9.28. The lowest BCUT2D eigenvalue weighted by atomic mass is 10.0. The zero-order chi connectivity index (χ0) is 25.5. The van der Waals surface area contributed by atoms with Crippen LogP contribution in [-0.4, -0.2) is 65.2 Å². The summed E-state index contributed by atoms with van der Waals surface area (Å²) in [5, 5.41) is 15.1. The van der Waals surface area contributed by atoms with Gasteiger partial charge in [-0.1, -0.05) is 19.1 Å². The summed E-state index contributed by atoms with van der Waals surface area (Å²) in [4.78, 5) is 51.6. The quantitative estimate of drug-likeness (QED) is 0.440. The van der Waals surface area contributed by atoms with E-state index in [0.29, 0.717) is 12.0 Å². The zero-order valence-corrected chi connectivity index (χ0v) is 20.4. The van der Waals surface area contributed by atoms with E-state index in [2.05, 4.69) is 10.6 Å². The van der Waals surface area contributed by atoms with E-state index in [1.807, 2.05) is 6.92 Å². The van der Waals surface area contributed by atoms with Crippen LogP contribution in [-0.2, 0) is 23.9 Å². The molecular weight excluding hydrogens is 442 g/mol. The minimum atomic E-state index is -1.06. The van der Waals surface area contributed by atoms with Gasteiger partial charge in [-0.05, 0) is 57.7 Å². The van der Waals surface area contributed by atoms with Crippen LogP contribution >= 0.6 is 0 Å². The highest BCUT2D eigenvalue weighted by molar-refractivity contribution is 5.91. The van der Waals surface area contributed by atoms with Gasteiger partial charge in [-0.15, -0.1) is 0 Å². The van der Waals surface area contributed by atoms with Crippen LogP contribution in [0.4, 0.5) is 4.79 Å². The molecule has 10 nitrogen and oxygen atoms in total. The second-order valence-electron chi connectivity index (χ2n) is 9.28. The molecule has 3 unspecified atom stereocenters. The number of rotatable bonds is 10. The molecule has 1 aromatic rings.